The van der Waals surface area contributed by atoms with Gasteiger partial charge in [0.05, 0.1) is 11.9 Å². The summed E-state index contributed by atoms with van der Waals surface area (Å²) in [5, 5.41) is 2.94. The van der Waals surface area contributed by atoms with E-state index in [9.17, 15) is 13.2 Å². The Labute approximate surface area is 149 Å². The fourth-order valence-electron chi connectivity index (χ4n) is 2.91. The SMILES string of the molecule is CC(C)C(NC(=O)CN(c1ccc2c(c1)OCO2)S(C)(=O)=O)C(C)C. The molecule has 0 atom stereocenters. The van der Waals surface area contributed by atoms with Crippen molar-refractivity contribution in [1.82, 2.24) is 5.32 Å². The van der Waals surface area contributed by atoms with Crippen LogP contribution in [0.2, 0.25) is 0 Å². The Morgan fingerprint density at radius 1 is 1.16 bits per heavy atom. The number of rotatable bonds is 7. The van der Waals surface area contributed by atoms with E-state index in [2.05, 4.69) is 5.32 Å². The highest BCUT2D eigenvalue weighted by atomic mass is 32.2. The second-order valence-electron chi connectivity index (χ2n) is 6.89. The van der Waals surface area contributed by atoms with E-state index < -0.39 is 10.0 Å². The number of hydrogen-bond donors (Lipinski definition) is 1. The number of sulfonamides is 1. The molecule has 0 spiro atoms. The van der Waals surface area contributed by atoms with Crippen molar-refractivity contribution >= 4 is 21.6 Å². The number of nitrogens with zero attached hydrogens (tertiary/aromatic N) is 1. The van der Waals surface area contributed by atoms with Crippen molar-refractivity contribution in [2.75, 3.05) is 23.9 Å². The molecule has 0 aromatic heterocycles. The fraction of sp³-hybridized carbons (Fsp3) is 0.588. The molecule has 25 heavy (non-hydrogen) atoms. The monoisotopic (exact) mass is 370 g/mol. The second kappa shape index (κ2) is 7.51. The molecule has 2 rings (SSSR count). The first-order chi connectivity index (χ1) is 11.6. The van der Waals surface area contributed by atoms with Crippen LogP contribution in [-0.4, -0.2) is 40.0 Å². The molecule has 0 saturated heterocycles. The largest absolute Gasteiger partial charge is 0.454 e. The molecule has 1 heterocycles. The lowest BCUT2D eigenvalue weighted by Crippen LogP contribution is -2.47. The van der Waals surface area contributed by atoms with Gasteiger partial charge < -0.3 is 14.8 Å². The zero-order chi connectivity index (χ0) is 18.8. The number of ether oxygens (including phenoxy) is 2. The van der Waals surface area contributed by atoms with Crippen molar-refractivity contribution in [3.05, 3.63) is 18.2 Å². The normalized spacial score (nSPS) is 13.6. The van der Waals surface area contributed by atoms with E-state index in [1.807, 2.05) is 27.7 Å². The molecular weight excluding hydrogens is 344 g/mol. The molecule has 0 aliphatic carbocycles. The Hall–Kier alpha value is -1.96. The van der Waals surface area contributed by atoms with E-state index in [-0.39, 0.29) is 37.1 Å². The van der Waals surface area contributed by atoms with Crippen molar-refractivity contribution < 1.29 is 22.7 Å². The maximum atomic E-state index is 12.5. The second-order valence-corrected chi connectivity index (χ2v) is 8.80. The third-order valence-electron chi connectivity index (χ3n) is 4.10. The number of carbonyl (C=O) groups is 1. The predicted molar refractivity (Wildman–Crippen MR) is 96.4 cm³/mol. The van der Waals surface area contributed by atoms with Gasteiger partial charge in [0.25, 0.3) is 0 Å². The number of fused-ring (bicyclic) bond motifs is 1. The average molecular weight is 370 g/mol. The van der Waals surface area contributed by atoms with Gasteiger partial charge in [0.1, 0.15) is 6.54 Å². The van der Waals surface area contributed by atoms with Gasteiger partial charge in [-0.05, 0) is 24.0 Å². The number of benzene rings is 1. The lowest BCUT2D eigenvalue weighted by molar-refractivity contribution is -0.121. The van der Waals surface area contributed by atoms with Gasteiger partial charge >= 0.3 is 0 Å². The number of nitrogens with one attached hydrogen (secondary N) is 1. The van der Waals surface area contributed by atoms with Crippen LogP contribution < -0.4 is 19.1 Å². The van der Waals surface area contributed by atoms with E-state index in [1.165, 1.54) is 0 Å². The van der Waals surface area contributed by atoms with E-state index >= 15 is 0 Å². The molecule has 8 heteroatoms. The lowest BCUT2D eigenvalue weighted by Gasteiger charge is -2.28. The van der Waals surface area contributed by atoms with Gasteiger partial charge in [-0.25, -0.2) is 8.42 Å². The van der Waals surface area contributed by atoms with Crippen LogP contribution in [0.3, 0.4) is 0 Å². The topological polar surface area (TPSA) is 84.9 Å². The molecule has 0 bridgehead atoms. The van der Waals surface area contributed by atoms with Crippen molar-refractivity contribution in [3.8, 4) is 11.5 Å². The molecule has 0 unspecified atom stereocenters. The predicted octanol–water partition coefficient (Wildman–Crippen LogP) is 1.98. The van der Waals surface area contributed by atoms with Crippen LogP contribution in [0.15, 0.2) is 18.2 Å². The van der Waals surface area contributed by atoms with Crippen LogP contribution in [0.5, 0.6) is 11.5 Å². The summed E-state index contributed by atoms with van der Waals surface area (Å²) in [6, 6.07) is 4.79. The summed E-state index contributed by atoms with van der Waals surface area (Å²) in [7, 11) is -3.63. The van der Waals surface area contributed by atoms with Gasteiger partial charge in [-0.1, -0.05) is 27.7 Å². The summed E-state index contributed by atoms with van der Waals surface area (Å²) in [4.78, 5) is 12.5. The molecule has 140 valence electrons. The van der Waals surface area contributed by atoms with Crippen LogP contribution in [0, 0.1) is 11.8 Å². The number of carbonyl (C=O) groups excluding carboxylic acids is 1. The zero-order valence-corrected chi connectivity index (χ0v) is 16.1. The lowest BCUT2D eigenvalue weighted by atomic mass is 9.93. The summed E-state index contributed by atoms with van der Waals surface area (Å²) in [6.07, 6.45) is 1.08. The number of hydrogen-bond acceptors (Lipinski definition) is 5. The van der Waals surface area contributed by atoms with Crippen LogP contribution in [0.1, 0.15) is 27.7 Å². The third kappa shape index (κ3) is 4.78. The summed E-state index contributed by atoms with van der Waals surface area (Å²) in [6.45, 7) is 7.92. The molecule has 1 N–H and O–H groups in total. The molecule has 1 aliphatic rings. The van der Waals surface area contributed by atoms with E-state index in [4.69, 9.17) is 9.47 Å². The Morgan fingerprint density at radius 2 is 1.76 bits per heavy atom. The van der Waals surface area contributed by atoms with E-state index in [0.717, 1.165) is 10.6 Å². The Bertz CT molecular complexity index is 723. The van der Waals surface area contributed by atoms with Gasteiger partial charge in [-0.15, -0.1) is 0 Å². The first-order valence-electron chi connectivity index (χ1n) is 8.26. The zero-order valence-electron chi connectivity index (χ0n) is 15.3. The van der Waals surface area contributed by atoms with Gasteiger partial charge in [0, 0.05) is 12.1 Å². The minimum Gasteiger partial charge on any atom is -0.454 e. The summed E-state index contributed by atoms with van der Waals surface area (Å²) in [5.74, 6) is 1.19. The van der Waals surface area contributed by atoms with Crippen LogP contribution >= 0.6 is 0 Å². The number of anilines is 1. The van der Waals surface area contributed by atoms with Gasteiger partial charge in [-0.2, -0.15) is 0 Å². The van der Waals surface area contributed by atoms with Crippen LogP contribution in [0.4, 0.5) is 5.69 Å². The van der Waals surface area contributed by atoms with Crippen molar-refractivity contribution in [3.63, 3.8) is 0 Å². The highest BCUT2D eigenvalue weighted by Gasteiger charge is 2.26. The maximum absolute atomic E-state index is 12.5. The van der Waals surface area contributed by atoms with Crippen molar-refractivity contribution in [2.24, 2.45) is 11.8 Å². The molecule has 1 aliphatic heterocycles. The maximum Gasteiger partial charge on any atom is 0.241 e. The summed E-state index contributed by atoms with van der Waals surface area (Å²) < 4.78 is 36.0. The molecule has 7 nitrogen and oxygen atoms in total. The standard InChI is InChI=1S/C17H26N2O5S/c1-11(2)17(12(3)4)18-16(20)9-19(25(5,21)22)13-6-7-14-15(8-13)24-10-23-14/h6-8,11-12,17H,9-10H2,1-5H3,(H,18,20). The quantitative estimate of drug-likeness (QED) is 0.793. The molecule has 0 fully saturated rings. The molecule has 0 radical (unpaired) electrons. The first kappa shape index (κ1) is 19.4. The molecule has 1 aromatic carbocycles. The molecular formula is C17H26N2O5S. The van der Waals surface area contributed by atoms with Gasteiger partial charge in [0.15, 0.2) is 11.5 Å². The van der Waals surface area contributed by atoms with E-state index in [1.54, 1.807) is 18.2 Å². The third-order valence-corrected chi connectivity index (χ3v) is 5.24. The van der Waals surface area contributed by atoms with Crippen LogP contribution in [0.25, 0.3) is 0 Å². The molecule has 0 saturated carbocycles. The smallest absolute Gasteiger partial charge is 0.241 e. The molecule has 1 amide bonds. The highest BCUT2D eigenvalue weighted by molar-refractivity contribution is 7.92. The summed E-state index contributed by atoms with van der Waals surface area (Å²) in [5.41, 5.74) is 0.368. The van der Waals surface area contributed by atoms with Gasteiger partial charge in [0.2, 0.25) is 22.7 Å². The Morgan fingerprint density at radius 3 is 2.32 bits per heavy atom. The van der Waals surface area contributed by atoms with E-state index in [0.29, 0.717) is 17.2 Å². The van der Waals surface area contributed by atoms with Crippen LogP contribution in [-0.2, 0) is 14.8 Å². The highest BCUT2D eigenvalue weighted by Crippen LogP contribution is 2.36. The average Bonchev–Trinajstić information content (AvgIpc) is 2.95. The van der Waals surface area contributed by atoms with Crippen molar-refractivity contribution in [1.29, 1.82) is 0 Å². The minimum atomic E-state index is -3.63. The Kier molecular flexibility index (Phi) is 5.82. The molecule has 1 aromatic rings. The number of amides is 1. The van der Waals surface area contributed by atoms with Crippen molar-refractivity contribution in [2.45, 2.75) is 33.7 Å². The Balaban J connectivity index is 2.20. The first-order valence-corrected chi connectivity index (χ1v) is 10.1. The fourth-order valence-corrected chi connectivity index (χ4v) is 3.75. The minimum absolute atomic E-state index is 0.0225. The summed E-state index contributed by atoms with van der Waals surface area (Å²) >= 11 is 0. The van der Waals surface area contributed by atoms with Gasteiger partial charge in [-0.3, -0.25) is 9.10 Å².